The van der Waals surface area contributed by atoms with Crippen LogP contribution in [0.1, 0.15) is 27.3 Å². The molecule has 160 valence electrons. The van der Waals surface area contributed by atoms with Crippen LogP contribution in [0.15, 0.2) is 88.6 Å². The largest absolute Gasteiger partial charge is 0.352 e. The Bertz CT molecular complexity index is 1360. The second-order valence-electron chi connectivity index (χ2n) is 7.20. The summed E-state index contributed by atoms with van der Waals surface area (Å²) >= 11 is 0. The molecule has 0 spiro atoms. The molecule has 0 bridgehead atoms. The molecule has 8 nitrogen and oxygen atoms in total. The van der Waals surface area contributed by atoms with Crippen LogP contribution >= 0.6 is 0 Å². The van der Waals surface area contributed by atoms with Gasteiger partial charge in [-0.1, -0.05) is 48.5 Å². The average Bonchev–Trinajstić information content (AvgIpc) is 2.82. The van der Waals surface area contributed by atoms with Crippen molar-refractivity contribution in [3.8, 4) is 5.69 Å². The summed E-state index contributed by atoms with van der Waals surface area (Å²) in [5, 5.41) is 6.78. The number of nitrogens with zero attached hydrogens (tertiary/aromatic N) is 4. The van der Waals surface area contributed by atoms with Gasteiger partial charge in [0.15, 0.2) is 0 Å². The lowest BCUT2D eigenvalue weighted by molar-refractivity contribution is 0.0940. The maximum atomic E-state index is 13.2. The Kier molecular flexibility index (Phi) is 6.03. The van der Waals surface area contributed by atoms with Crippen LogP contribution in [0.5, 0.6) is 0 Å². The van der Waals surface area contributed by atoms with Crippen LogP contribution in [0.2, 0.25) is 0 Å². The number of amides is 1. The van der Waals surface area contributed by atoms with Crippen molar-refractivity contribution in [2.24, 2.45) is 0 Å². The summed E-state index contributed by atoms with van der Waals surface area (Å²) in [5.41, 5.74) is 1.10. The van der Waals surface area contributed by atoms with Gasteiger partial charge >= 0.3 is 5.69 Å². The Labute approximate surface area is 183 Å². The van der Waals surface area contributed by atoms with Gasteiger partial charge in [-0.15, -0.1) is 0 Å². The number of para-hydroxylation sites is 1. The molecule has 0 atom stereocenters. The summed E-state index contributed by atoms with van der Waals surface area (Å²) in [6, 6.07) is 21.5. The van der Waals surface area contributed by atoms with Crippen LogP contribution < -0.4 is 16.6 Å². The van der Waals surface area contributed by atoms with Gasteiger partial charge in [0.1, 0.15) is 0 Å². The third-order valence-corrected chi connectivity index (χ3v) is 5.02. The van der Waals surface area contributed by atoms with E-state index in [1.54, 1.807) is 54.7 Å². The van der Waals surface area contributed by atoms with Crippen molar-refractivity contribution in [2.45, 2.75) is 20.0 Å². The lowest BCUT2D eigenvalue weighted by Gasteiger charge is -2.13. The summed E-state index contributed by atoms with van der Waals surface area (Å²) in [4.78, 5) is 43.4. The van der Waals surface area contributed by atoms with Crippen molar-refractivity contribution in [1.82, 2.24) is 24.6 Å². The highest BCUT2D eigenvalue weighted by Crippen LogP contribution is 2.08. The highest BCUT2D eigenvalue weighted by molar-refractivity contribution is 5.91. The highest BCUT2D eigenvalue weighted by atomic mass is 16.2. The Hall–Kier alpha value is -4.33. The van der Waals surface area contributed by atoms with E-state index in [1.807, 2.05) is 31.2 Å². The predicted molar refractivity (Wildman–Crippen MR) is 120 cm³/mol. The third kappa shape index (κ3) is 4.39. The van der Waals surface area contributed by atoms with Gasteiger partial charge in [0.25, 0.3) is 11.5 Å². The first-order chi connectivity index (χ1) is 15.5. The van der Waals surface area contributed by atoms with Crippen molar-refractivity contribution in [3.63, 3.8) is 0 Å². The second-order valence-corrected chi connectivity index (χ2v) is 7.20. The van der Waals surface area contributed by atoms with E-state index in [0.29, 0.717) is 11.4 Å². The normalized spacial score (nSPS) is 10.7. The Balaban J connectivity index is 1.78. The van der Waals surface area contributed by atoms with E-state index in [2.05, 4.69) is 15.4 Å². The fourth-order valence-corrected chi connectivity index (χ4v) is 3.25. The van der Waals surface area contributed by atoms with Crippen molar-refractivity contribution in [1.29, 1.82) is 0 Å². The highest BCUT2D eigenvalue weighted by Gasteiger charge is 2.20. The molecular weight excluding hydrogens is 406 g/mol. The quantitative estimate of drug-likeness (QED) is 0.508. The molecule has 8 heteroatoms. The standard InChI is InChI=1S/C24H21N5O3/c1-17-9-5-6-10-18(17)16-28-23(31)21(22(30)26-15-19-11-7-8-14-25-19)27-29(24(28)32)20-12-3-2-4-13-20/h2-14H,15-16H2,1H3,(H,26,30). The summed E-state index contributed by atoms with van der Waals surface area (Å²) < 4.78 is 2.12. The van der Waals surface area contributed by atoms with Crippen LogP contribution in [0, 0.1) is 6.92 Å². The van der Waals surface area contributed by atoms with Crippen LogP contribution in [0.4, 0.5) is 0 Å². The molecule has 0 saturated carbocycles. The third-order valence-electron chi connectivity index (χ3n) is 5.02. The maximum Gasteiger partial charge on any atom is 0.352 e. The molecule has 0 unspecified atom stereocenters. The molecule has 0 aliphatic rings. The van der Waals surface area contributed by atoms with Crippen molar-refractivity contribution >= 4 is 5.91 Å². The number of carbonyl (C=O) groups excluding carboxylic acids is 1. The lowest BCUT2D eigenvalue weighted by atomic mass is 10.1. The number of aryl methyl sites for hydroxylation is 1. The van der Waals surface area contributed by atoms with Gasteiger partial charge in [0, 0.05) is 6.20 Å². The minimum Gasteiger partial charge on any atom is -0.345 e. The first kappa shape index (κ1) is 20.9. The first-order valence-electron chi connectivity index (χ1n) is 10.1. The molecule has 32 heavy (non-hydrogen) atoms. The average molecular weight is 427 g/mol. The van der Waals surface area contributed by atoms with Gasteiger partial charge in [-0.05, 0) is 42.3 Å². The van der Waals surface area contributed by atoms with E-state index < -0.39 is 17.2 Å². The van der Waals surface area contributed by atoms with Gasteiger partial charge in [0.2, 0.25) is 5.69 Å². The zero-order valence-corrected chi connectivity index (χ0v) is 17.4. The number of nitrogens with one attached hydrogen (secondary N) is 1. The zero-order valence-electron chi connectivity index (χ0n) is 17.4. The number of benzene rings is 2. The molecule has 1 N–H and O–H groups in total. The molecule has 2 aromatic carbocycles. The van der Waals surface area contributed by atoms with E-state index in [4.69, 9.17) is 0 Å². The summed E-state index contributed by atoms with van der Waals surface area (Å²) in [5.74, 6) is -0.677. The van der Waals surface area contributed by atoms with E-state index >= 15 is 0 Å². The van der Waals surface area contributed by atoms with Gasteiger partial charge in [0.05, 0.1) is 24.5 Å². The van der Waals surface area contributed by atoms with Gasteiger partial charge in [-0.2, -0.15) is 9.78 Å². The summed E-state index contributed by atoms with van der Waals surface area (Å²) in [7, 11) is 0. The molecule has 0 aliphatic carbocycles. The number of hydrogen-bond acceptors (Lipinski definition) is 5. The number of rotatable bonds is 6. The molecule has 0 radical (unpaired) electrons. The maximum absolute atomic E-state index is 13.2. The van der Waals surface area contributed by atoms with E-state index in [-0.39, 0.29) is 18.8 Å². The van der Waals surface area contributed by atoms with Crippen molar-refractivity contribution < 1.29 is 4.79 Å². The van der Waals surface area contributed by atoms with Crippen LogP contribution in [-0.4, -0.2) is 25.2 Å². The number of aromatic nitrogens is 4. The molecule has 2 aromatic heterocycles. The monoisotopic (exact) mass is 427 g/mol. The van der Waals surface area contributed by atoms with E-state index in [0.717, 1.165) is 20.4 Å². The molecule has 0 aliphatic heterocycles. The van der Waals surface area contributed by atoms with E-state index in [9.17, 15) is 14.4 Å². The molecule has 4 rings (SSSR count). The minimum absolute atomic E-state index is 0.0280. The Morgan fingerprint density at radius 2 is 1.66 bits per heavy atom. The summed E-state index contributed by atoms with van der Waals surface area (Å²) in [6.45, 7) is 2.06. The zero-order chi connectivity index (χ0) is 22.5. The van der Waals surface area contributed by atoms with Crippen LogP contribution in [0.25, 0.3) is 5.69 Å². The molecule has 4 aromatic rings. The van der Waals surface area contributed by atoms with E-state index in [1.165, 1.54) is 0 Å². The second kappa shape index (κ2) is 9.22. The summed E-state index contributed by atoms with van der Waals surface area (Å²) in [6.07, 6.45) is 1.62. The topological polar surface area (TPSA) is 98.9 Å². The number of carbonyl (C=O) groups is 1. The fraction of sp³-hybridized carbons (Fsp3) is 0.125. The van der Waals surface area contributed by atoms with Crippen molar-refractivity contribution in [2.75, 3.05) is 0 Å². The minimum atomic E-state index is -0.746. The molecule has 1 amide bonds. The van der Waals surface area contributed by atoms with Gasteiger partial charge < -0.3 is 5.32 Å². The number of hydrogen-bond donors (Lipinski definition) is 1. The lowest BCUT2D eigenvalue weighted by Crippen LogP contribution is -2.46. The predicted octanol–water partition coefficient (Wildman–Crippen LogP) is 2.08. The first-order valence-corrected chi connectivity index (χ1v) is 10.1. The Morgan fingerprint density at radius 1 is 0.938 bits per heavy atom. The smallest absolute Gasteiger partial charge is 0.345 e. The number of pyridine rings is 1. The molecule has 0 saturated heterocycles. The Morgan fingerprint density at radius 3 is 2.38 bits per heavy atom. The molecule has 0 fully saturated rings. The van der Waals surface area contributed by atoms with Gasteiger partial charge in [-0.25, -0.2) is 4.79 Å². The van der Waals surface area contributed by atoms with Crippen molar-refractivity contribution in [3.05, 3.63) is 122 Å². The van der Waals surface area contributed by atoms with Crippen LogP contribution in [-0.2, 0) is 13.1 Å². The molecule has 2 heterocycles. The van der Waals surface area contributed by atoms with Gasteiger partial charge in [-0.3, -0.25) is 19.1 Å². The SMILES string of the molecule is Cc1ccccc1Cn1c(=O)c(C(=O)NCc2ccccn2)nn(-c2ccccc2)c1=O. The fourth-order valence-electron chi connectivity index (χ4n) is 3.25. The molecular formula is C24H21N5O3. The van der Waals surface area contributed by atoms with Crippen LogP contribution in [0.3, 0.4) is 0 Å².